The molecule has 3 N–H and O–H groups in total. The average molecular weight is 366 g/mol. The molecule has 0 saturated carbocycles. The van der Waals surface area contributed by atoms with E-state index < -0.39 is 0 Å². The van der Waals surface area contributed by atoms with Crippen LogP contribution < -0.4 is 16.0 Å². The Morgan fingerprint density at radius 3 is 2.74 bits per heavy atom. The summed E-state index contributed by atoms with van der Waals surface area (Å²) in [5.74, 6) is 1.38. The zero-order valence-corrected chi connectivity index (χ0v) is 16.6. The van der Waals surface area contributed by atoms with Crippen molar-refractivity contribution in [1.29, 1.82) is 0 Å². The molecule has 1 aromatic carbocycles. The Morgan fingerprint density at radius 1 is 1.15 bits per heavy atom. The zero-order valence-electron chi connectivity index (χ0n) is 16.6. The van der Waals surface area contributed by atoms with Crippen LogP contribution in [0.4, 0.5) is 11.8 Å². The highest BCUT2D eigenvalue weighted by Crippen LogP contribution is 2.35. The second kappa shape index (κ2) is 7.47. The van der Waals surface area contributed by atoms with Gasteiger partial charge in [-0.25, -0.2) is 4.98 Å². The zero-order chi connectivity index (χ0) is 18.9. The molecule has 0 bridgehead atoms. The van der Waals surface area contributed by atoms with Gasteiger partial charge in [-0.15, -0.1) is 0 Å². The number of nitrogens with zero attached hydrogens (tertiary/aromatic N) is 3. The van der Waals surface area contributed by atoms with Crippen molar-refractivity contribution in [3.8, 4) is 11.3 Å². The maximum Gasteiger partial charge on any atom is 0.222 e. The third-order valence-electron chi connectivity index (χ3n) is 6.25. The van der Waals surface area contributed by atoms with E-state index in [0.717, 1.165) is 43.1 Å². The molecule has 5 heteroatoms. The molecule has 0 amide bonds. The molecule has 0 radical (unpaired) electrons. The van der Waals surface area contributed by atoms with Crippen LogP contribution in [0.2, 0.25) is 0 Å². The number of aryl methyl sites for hydroxylation is 1. The van der Waals surface area contributed by atoms with Gasteiger partial charge < -0.3 is 16.0 Å². The second-order valence-electron chi connectivity index (χ2n) is 8.08. The molecule has 1 spiro atoms. The normalized spacial score (nSPS) is 23.0. The second-order valence-corrected chi connectivity index (χ2v) is 8.08. The molecule has 2 aromatic rings. The van der Waals surface area contributed by atoms with Gasteiger partial charge >= 0.3 is 0 Å². The van der Waals surface area contributed by atoms with Crippen molar-refractivity contribution in [3.63, 3.8) is 0 Å². The first-order valence-corrected chi connectivity index (χ1v) is 10.3. The van der Waals surface area contributed by atoms with E-state index in [9.17, 15) is 0 Å². The fourth-order valence-electron chi connectivity index (χ4n) is 4.84. The topological polar surface area (TPSA) is 67.1 Å². The van der Waals surface area contributed by atoms with Gasteiger partial charge in [0.25, 0.3) is 0 Å². The van der Waals surface area contributed by atoms with E-state index in [4.69, 9.17) is 5.73 Å². The highest BCUT2D eigenvalue weighted by atomic mass is 15.3. The monoisotopic (exact) mass is 365 g/mol. The average Bonchev–Trinajstić information content (AvgIpc) is 2.70. The number of nitrogen functional groups attached to an aromatic ring is 1. The highest BCUT2D eigenvalue weighted by molar-refractivity contribution is 5.72. The van der Waals surface area contributed by atoms with E-state index in [1.54, 1.807) is 0 Å². The summed E-state index contributed by atoms with van der Waals surface area (Å²) in [6.07, 6.45) is 7.30. The number of nitrogens with two attached hydrogens (primary N) is 1. The molecule has 0 aliphatic carbocycles. The van der Waals surface area contributed by atoms with Crippen molar-refractivity contribution in [2.24, 2.45) is 0 Å². The van der Waals surface area contributed by atoms with Crippen molar-refractivity contribution in [2.75, 3.05) is 30.3 Å². The Labute approximate surface area is 162 Å². The third-order valence-corrected chi connectivity index (χ3v) is 6.25. The van der Waals surface area contributed by atoms with Gasteiger partial charge in [-0.3, -0.25) is 0 Å². The van der Waals surface area contributed by atoms with Crippen molar-refractivity contribution in [1.82, 2.24) is 15.3 Å². The smallest absolute Gasteiger partial charge is 0.222 e. The van der Waals surface area contributed by atoms with Gasteiger partial charge in [-0.1, -0.05) is 37.6 Å². The van der Waals surface area contributed by atoms with Crippen LogP contribution in [0.1, 0.15) is 50.2 Å². The number of piperidine rings is 2. The first kappa shape index (κ1) is 18.2. The molecule has 1 atom stereocenters. The fourth-order valence-corrected chi connectivity index (χ4v) is 4.84. The molecule has 1 aromatic heterocycles. The molecule has 2 saturated heterocycles. The van der Waals surface area contributed by atoms with Crippen LogP contribution in [0, 0.1) is 6.92 Å². The van der Waals surface area contributed by atoms with Crippen LogP contribution >= 0.6 is 0 Å². The van der Waals surface area contributed by atoms with Crippen LogP contribution in [-0.2, 0) is 6.42 Å². The van der Waals surface area contributed by atoms with Crippen LogP contribution in [0.25, 0.3) is 11.3 Å². The number of benzene rings is 1. The van der Waals surface area contributed by atoms with E-state index in [2.05, 4.69) is 58.3 Å². The summed E-state index contributed by atoms with van der Waals surface area (Å²) < 4.78 is 0. The summed E-state index contributed by atoms with van der Waals surface area (Å²) in [6, 6.07) is 8.49. The van der Waals surface area contributed by atoms with Gasteiger partial charge in [0.05, 0.1) is 5.69 Å². The Balaban J connectivity index is 1.72. The van der Waals surface area contributed by atoms with Gasteiger partial charge in [-0.05, 0) is 51.1 Å². The van der Waals surface area contributed by atoms with E-state index in [1.807, 2.05) is 0 Å². The Bertz CT molecular complexity index is 805. The number of rotatable bonds is 3. The molecule has 2 aliphatic rings. The molecule has 3 heterocycles. The first-order valence-electron chi connectivity index (χ1n) is 10.3. The number of anilines is 2. The summed E-state index contributed by atoms with van der Waals surface area (Å²) in [5, 5.41) is 3.82. The lowest BCUT2D eigenvalue weighted by Gasteiger charge is -2.46. The summed E-state index contributed by atoms with van der Waals surface area (Å²) in [5.41, 5.74) is 11.0. The van der Waals surface area contributed by atoms with Gasteiger partial charge in [0.15, 0.2) is 0 Å². The minimum atomic E-state index is 0.240. The number of hydrogen-bond donors (Lipinski definition) is 2. The van der Waals surface area contributed by atoms with Gasteiger partial charge in [-0.2, -0.15) is 4.98 Å². The van der Waals surface area contributed by atoms with E-state index in [0.29, 0.717) is 5.95 Å². The van der Waals surface area contributed by atoms with Gasteiger partial charge in [0.2, 0.25) is 5.95 Å². The third kappa shape index (κ3) is 3.53. The molecule has 5 nitrogen and oxygen atoms in total. The van der Waals surface area contributed by atoms with Gasteiger partial charge in [0, 0.05) is 29.8 Å². The maximum atomic E-state index is 6.17. The van der Waals surface area contributed by atoms with E-state index >= 15 is 0 Å². The maximum absolute atomic E-state index is 6.17. The summed E-state index contributed by atoms with van der Waals surface area (Å²) >= 11 is 0. The predicted octanol–water partition coefficient (Wildman–Crippen LogP) is 3.71. The van der Waals surface area contributed by atoms with Crippen molar-refractivity contribution < 1.29 is 0 Å². The van der Waals surface area contributed by atoms with Crippen molar-refractivity contribution in [3.05, 3.63) is 35.4 Å². The Kier molecular flexibility index (Phi) is 5.04. The minimum Gasteiger partial charge on any atom is -0.368 e. The molecule has 0 unspecified atom stereocenters. The molecule has 2 aliphatic heterocycles. The fraction of sp³-hybridized carbons (Fsp3) is 0.545. The SMILES string of the molecule is CCc1ccccc1-c1nc(N)nc(N2CCC[C@]3(CCCCN3)C2)c1C. The van der Waals surface area contributed by atoms with E-state index in [-0.39, 0.29) is 5.54 Å². The number of aromatic nitrogens is 2. The highest BCUT2D eigenvalue weighted by Gasteiger charge is 2.37. The Hall–Kier alpha value is -2.14. The Morgan fingerprint density at radius 2 is 1.96 bits per heavy atom. The number of nitrogens with one attached hydrogen (secondary N) is 1. The first-order chi connectivity index (χ1) is 13.1. The lowest BCUT2D eigenvalue weighted by Crippen LogP contribution is -2.59. The molecule has 4 rings (SSSR count). The van der Waals surface area contributed by atoms with E-state index in [1.165, 1.54) is 43.2 Å². The summed E-state index contributed by atoms with van der Waals surface area (Å²) in [7, 11) is 0. The predicted molar refractivity (Wildman–Crippen MR) is 112 cm³/mol. The molecule has 144 valence electrons. The molecular formula is C22H31N5. The minimum absolute atomic E-state index is 0.240. The lowest BCUT2D eigenvalue weighted by atomic mass is 9.81. The molecular weight excluding hydrogens is 334 g/mol. The van der Waals surface area contributed by atoms with Crippen LogP contribution in [0.15, 0.2) is 24.3 Å². The van der Waals surface area contributed by atoms with Crippen LogP contribution in [0.3, 0.4) is 0 Å². The number of hydrogen-bond acceptors (Lipinski definition) is 5. The van der Waals surface area contributed by atoms with Crippen LogP contribution in [-0.4, -0.2) is 35.1 Å². The van der Waals surface area contributed by atoms with Gasteiger partial charge in [0.1, 0.15) is 5.82 Å². The van der Waals surface area contributed by atoms with Crippen molar-refractivity contribution >= 4 is 11.8 Å². The largest absolute Gasteiger partial charge is 0.368 e. The standard InChI is InChI=1S/C22H31N5/c1-3-17-9-4-5-10-18(17)19-16(2)20(26-21(23)25-19)27-14-8-12-22(15-27)11-6-7-13-24-22/h4-5,9-10,24H,3,6-8,11-15H2,1-2H3,(H2,23,25,26)/t22-/m1/s1. The van der Waals surface area contributed by atoms with Crippen LogP contribution in [0.5, 0.6) is 0 Å². The lowest BCUT2D eigenvalue weighted by molar-refractivity contribution is 0.216. The molecule has 2 fully saturated rings. The summed E-state index contributed by atoms with van der Waals surface area (Å²) in [4.78, 5) is 11.8. The molecule has 27 heavy (non-hydrogen) atoms. The quantitative estimate of drug-likeness (QED) is 0.868. The summed E-state index contributed by atoms with van der Waals surface area (Å²) in [6.45, 7) is 7.51. The van der Waals surface area contributed by atoms with Crippen molar-refractivity contribution in [2.45, 2.75) is 57.9 Å².